The van der Waals surface area contributed by atoms with Gasteiger partial charge in [-0.1, -0.05) is 26.7 Å². The molecule has 0 fully saturated rings. The highest BCUT2D eigenvalue weighted by atomic mass is 32.1. The SMILES string of the molecule is CCC(CC)CN(CC)c1nc(NC)nc2sccc12. The van der Waals surface area contributed by atoms with Gasteiger partial charge in [0.05, 0.1) is 5.39 Å². The van der Waals surface area contributed by atoms with Crippen LogP contribution in [0.3, 0.4) is 0 Å². The van der Waals surface area contributed by atoms with Crippen molar-refractivity contribution >= 4 is 33.3 Å². The van der Waals surface area contributed by atoms with E-state index in [0.717, 1.165) is 29.7 Å². The highest BCUT2D eigenvalue weighted by Gasteiger charge is 2.16. The Morgan fingerprint density at radius 3 is 2.60 bits per heavy atom. The van der Waals surface area contributed by atoms with Crippen molar-refractivity contribution in [1.82, 2.24) is 9.97 Å². The number of anilines is 2. The summed E-state index contributed by atoms with van der Waals surface area (Å²) in [6.45, 7) is 8.76. The van der Waals surface area contributed by atoms with Gasteiger partial charge in [0.1, 0.15) is 10.6 Å². The predicted molar refractivity (Wildman–Crippen MR) is 88.9 cm³/mol. The number of hydrogen-bond donors (Lipinski definition) is 1. The van der Waals surface area contributed by atoms with Crippen LogP contribution in [-0.4, -0.2) is 30.1 Å². The van der Waals surface area contributed by atoms with Crippen LogP contribution < -0.4 is 10.2 Å². The van der Waals surface area contributed by atoms with Gasteiger partial charge in [-0.05, 0) is 24.3 Å². The molecule has 0 bridgehead atoms. The summed E-state index contributed by atoms with van der Waals surface area (Å²) in [6, 6.07) is 2.13. The third-order valence-electron chi connectivity index (χ3n) is 3.84. The fourth-order valence-electron chi connectivity index (χ4n) is 2.42. The van der Waals surface area contributed by atoms with Crippen LogP contribution in [0.5, 0.6) is 0 Å². The maximum absolute atomic E-state index is 4.69. The number of nitrogens with one attached hydrogen (secondary N) is 1. The van der Waals surface area contributed by atoms with E-state index in [4.69, 9.17) is 4.98 Å². The predicted octanol–water partition coefficient (Wildman–Crippen LogP) is 4.00. The van der Waals surface area contributed by atoms with E-state index in [2.05, 4.69) is 47.4 Å². The third-order valence-corrected chi connectivity index (χ3v) is 4.65. The van der Waals surface area contributed by atoms with Crippen LogP contribution in [0.25, 0.3) is 10.2 Å². The fraction of sp³-hybridized carbons (Fsp3) is 0.600. The van der Waals surface area contributed by atoms with Gasteiger partial charge in [-0.15, -0.1) is 11.3 Å². The molecule has 5 heteroatoms. The summed E-state index contributed by atoms with van der Waals surface area (Å²) in [6.07, 6.45) is 2.42. The van der Waals surface area contributed by atoms with Crippen LogP contribution in [-0.2, 0) is 0 Å². The van der Waals surface area contributed by atoms with Gasteiger partial charge < -0.3 is 10.2 Å². The van der Waals surface area contributed by atoms with E-state index in [-0.39, 0.29) is 0 Å². The van der Waals surface area contributed by atoms with E-state index in [0.29, 0.717) is 5.95 Å². The molecule has 0 unspecified atom stereocenters. The molecule has 2 rings (SSSR count). The molecular formula is C15H24N4S. The van der Waals surface area contributed by atoms with Crippen LogP contribution in [0.1, 0.15) is 33.6 Å². The van der Waals surface area contributed by atoms with Gasteiger partial charge in [0.15, 0.2) is 0 Å². The minimum absolute atomic E-state index is 0.706. The lowest BCUT2D eigenvalue weighted by Gasteiger charge is -2.27. The number of thiophene rings is 1. The minimum atomic E-state index is 0.706. The largest absolute Gasteiger partial charge is 0.357 e. The molecule has 0 aliphatic rings. The minimum Gasteiger partial charge on any atom is -0.357 e. The molecule has 0 saturated carbocycles. The van der Waals surface area contributed by atoms with E-state index < -0.39 is 0 Å². The Kier molecular flexibility index (Phi) is 5.17. The zero-order chi connectivity index (χ0) is 14.5. The topological polar surface area (TPSA) is 41.1 Å². The maximum atomic E-state index is 4.69. The molecule has 4 nitrogen and oxygen atoms in total. The van der Waals surface area contributed by atoms with E-state index >= 15 is 0 Å². The summed E-state index contributed by atoms with van der Waals surface area (Å²) in [5.41, 5.74) is 0. The van der Waals surface area contributed by atoms with Gasteiger partial charge >= 0.3 is 0 Å². The Bertz CT molecular complexity index is 548. The second kappa shape index (κ2) is 6.88. The molecule has 0 spiro atoms. The molecule has 0 aliphatic carbocycles. The Hall–Kier alpha value is -1.36. The van der Waals surface area contributed by atoms with Gasteiger partial charge in [0.2, 0.25) is 5.95 Å². The average Bonchev–Trinajstić information content (AvgIpc) is 2.96. The molecule has 0 aromatic carbocycles. The molecule has 1 N–H and O–H groups in total. The molecule has 0 amide bonds. The Balaban J connectivity index is 2.39. The lowest BCUT2D eigenvalue weighted by Crippen LogP contribution is -2.30. The van der Waals surface area contributed by atoms with Gasteiger partial charge in [-0.3, -0.25) is 0 Å². The van der Waals surface area contributed by atoms with Crippen LogP contribution in [0.4, 0.5) is 11.8 Å². The number of fused-ring (bicyclic) bond motifs is 1. The van der Waals surface area contributed by atoms with Crippen LogP contribution in [0.2, 0.25) is 0 Å². The molecule has 0 aliphatic heterocycles. The van der Waals surface area contributed by atoms with Crippen molar-refractivity contribution in [2.24, 2.45) is 5.92 Å². The number of rotatable bonds is 7. The van der Waals surface area contributed by atoms with Crippen molar-refractivity contribution < 1.29 is 0 Å². The first-order chi connectivity index (χ1) is 9.73. The van der Waals surface area contributed by atoms with Gasteiger partial charge in [0.25, 0.3) is 0 Å². The van der Waals surface area contributed by atoms with Crippen molar-refractivity contribution in [1.29, 1.82) is 0 Å². The standard InChI is InChI=1S/C15H24N4S/c1-5-11(6-2)10-19(7-3)13-12-8-9-20-14(12)18-15(16-4)17-13/h8-9,11H,5-7,10H2,1-4H3,(H,16,17,18). The number of aromatic nitrogens is 2. The summed E-state index contributed by atoms with van der Waals surface area (Å²) >= 11 is 1.67. The molecule has 0 radical (unpaired) electrons. The van der Waals surface area contributed by atoms with Crippen LogP contribution in [0, 0.1) is 5.92 Å². The molecule has 20 heavy (non-hydrogen) atoms. The fourth-order valence-corrected chi connectivity index (χ4v) is 3.17. The van der Waals surface area contributed by atoms with Gasteiger partial charge in [-0.25, -0.2) is 4.98 Å². The summed E-state index contributed by atoms with van der Waals surface area (Å²) < 4.78 is 0. The zero-order valence-electron chi connectivity index (χ0n) is 12.8. The smallest absolute Gasteiger partial charge is 0.225 e. The summed E-state index contributed by atoms with van der Waals surface area (Å²) in [5.74, 6) is 2.49. The molecule has 2 heterocycles. The van der Waals surface area contributed by atoms with Gasteiger partial charge in [-0.2, -0.15) is 4.98 Å². The second-order valence-corrected chi connectivity index (χ2v) is 5.88. The zero-order valence-corrected chi connectivity index (χ0v) is 13.6. The Morgan fingerprint density at radius 2 is 2.00 bits per heavy atom. The Morgan fingerprint density at radius 1 is 1.25 bits per heavy atom. The average molecular weight is 292 g/mol. The van der Waals surface area contributed by atoms with Gasteiger partial charge in [0, 0.05) is 20.1 Å². The van der Waals surface area contributed by atoms with E-state index in [1.165, 1.54) is 18.2 Å². The first kappa shape index (κ1) is 15.0. The lowest BCUT2D eigenvalue weighted by molar-refractivity contribution is 0.485. The summed E-state index contributed by atoms with van der Waals surface area (Å²) in [4.78, 5) is 12.7. The first-order valence-electron chi connectivity index (χ1n) is 7.41. The monoisotopic (exact) mass is 292 g/mol. The normalized spacial score (nSPS) is 11.2. The highest BCUT2D eigenvalue weighted by Crippen LogP contribution is 2.29. The summed E-state index contributed by atoms with van der Waals surface area (Å²) in [5, 5.41) is 6.33. The van der Waals surface area contributed by atoms with Crippen molar-refractivity contribution in [2.75, 3.05) is 30.4 Å². The second-order valence-electron chi connectivity index (χ2n) is 4.98. The molecule has 0 saturated heterocycles. The first-order valence-corrected chi connectivity index (χ1v) is 8.29. The highest BCUT2D eigenvalue weighted by molar-refractivity contribution is 7.16. The van der Waals surface area contributed by atoms with E-state index in [9.17, 15) is 0 Å². The van der Waals surface area contributed by atoms with Crippen molar-refractivity contribution in [2.45, 2.75) is 33.6 Å². The molecular weight excluding hydrogens is 268 g/mol. The number of nitrogens with zero attached hydrogens (tertiary/aromatic N) is 3. The third kappa shape index (κ3) is 3.03. The van der Waals surface area contributed by atoms with Crippen molar-refractivity contribution in [3.05, 3.63) is 11.4 Å². The van der Waals surface area contributed by atoms with Crippen molar-refractivity contribution in [3.63, 3.8) is 0 Å². The van der Waals surface area contributed by atoms with E-state index in [1.54, 1.807) is 11.3 Å². The van der Waals surface area contributed by atoms with Crippen LogP contribution in [0.15, 0.2) is 11.4 Å². The molecule has 110 valence electrons. The quantitative estimate of drug-likeness (QED) is 0.837. The lowest BCUT2D eigenvalue weighted by atomic mass is 10.0. The maximum Gasteiger partial charge on any atom is 0.225 e. The molecule has 2 aromatic rings. The molecule has 0 atom stereocenters. The van der Waals surface area contributed by atoms with Crippen molar-refractivity contribution in [3.8, 4) is 0 Å². The van der Waals surface area contributed by atoms with E-state index in [1.807, 2.05) is 7.05 Å². The summed E-state index contributed by atoms with van der Waals surface area (Å²) in [7, 11) is 1.87. The Labute approximate surface area is 125 Å². The van der Waals surface area contributed by atoms with Crippen LogP contribution >= 0.6 is 11.3 Å². The number of hydrogen-bond acceptors (Lipinski definition) is 5. The molecule has 2 aromatic heterocycles.